The second-order valence-corrected chi connectivity index (χ2v) is 6.55. The zero-order chi connectivity index (χ0) is 17.8. The molecule has 1 atom stereocenters. The molecule has 1 aromatic carbocycles. The fourth-order valence-corrected chi connectivity index (χ4v) is 3.03. The Hall–Kier alpha value is -2.41. The molecule has 0 saturated carbocycles. The molecule has 25 heavy (non-hydrogen) atoms. The number of benzene rings is 1. The van der Waals surface area contributed by atoms with Crippen molar-refractivity contribution < 1.29 is 9.53 Å². The molecule has 0 bridgehead atoms. The number of esters is 1. The van der Waals surface area contributed by atoms with E-state index >= 15 is 0 Å². The highest BCUT2D eigenvalue weighted by Gasteiger charge is 2.19. The van der Waals surface area contributed by atoms with Gasteiger partial charge in [0.2, 0.25) is 5.95 Å². The second kappa shape index (κ2) is 7.65. The highest BCUT2D eigenvalue weighted by molar-refractivity contribution is 6.33. The van der Waals surface area contributed by atoms with E-state index in [0.29, 0.717) is 34.0 Å². The zero-order valence-electron chi connectivity index (χ0n) is 14.2. The number of nitrogens with one attached hydrogen (secondary N) is 1. The number of nitrogens with zero attached hydrogens (tertiary/aromatic N) is 4. The summed E-state index contributed by atoms with van der Waals surface area (Å²) in [5.74, 6) is 1.30. The van der Waals surface area contributed by atoms with Crippen LogP contribution in [0.3, 0.4) is 0 Å². The average Bonchev–Trinajstić information content (AvgIpc) is 2.63. The summed E-state index contributed by atoms with van der Waals surface area (Å²) < 4.78 is 4.74. The number of halogens is 1. The van der Waals surface area contributed by atoms with Crippen molar-refractivity contribution in [2.45, 2.75) is 19.8 Å². The van der Waals surface area contributed by atoms with Crippen molar-refractivity contribution in [1.82, 2.24) is 15.2 Å². The molecule has 2 aromatic rings. The Bertz CT molecular complexity index is 770. The monoisotopic (exact) mass is 361 g/mol. The van der Waals surface area contributed by atoms with Crippen molar-refractivity contribution >= 4 is 35.0 Å². The molecule has 132 valence electrons. The van der Waals surface area contributed by atoms with Crippen molar-refractivity contribution in [2.24, 2.45) is 5.92 Å². The summed E-state index contributed by atoms with van der Waals surface area (Å²) in [6.07, 6.45) is 3.87. The maximum absolute atomic E-state index is 11.7. The van der Waals surface area contributed by atoms with Gasteiger partial charge in [0.25, 0.3) is 0 Å². The Morgan fingerprint density at radius 1 is 1.44 bits per heavy atom. The molecular weight excluding hydrogens is 342 g/mol. The summed E-state index contributed by atoms with van der Waals surface area (Å²) >= 11 is 6.21. The number of carbonyl (C=O) groups excluding carboxylic acids is 1. The fraction of sp³-hybridized carbons (Fsp3) is 0.412. The third-order valence-corrected chi connectivity index (χ3v) is 4.47. The summed E-state index contributed by atoms with van der Waals surface area (Å²) in [7, 11) is 1.34. The molecule has 0 spiro atoms. The lowest BCUT2D eigenvalue weighted by Gasteiger charge is -2.30. The topological polar surface area (TPSA) is 80.2 Å². The molecule has 2 heterocycles. The van der Waals surface area contributed by atoms with Crippen molar-refractivity contribution in [3.63, 3.8) is 0 Å². The smallest absolute Gasteiger partial charge is 0.337 e. The Kier molecular flexibility index (Phi) is 5.33. The summed E-state index contributed by atoms with van der Waals surface area (Å²) in [5, 5.41) is 11.7. The summed E-state index contributed by atoms with van der Waals surface area (Å²) in [6.45, 7) is 4.07. The average molecular weight is 362 g/mol. The minimum atomic E-state index is -0.427. The van der Waals surface area contributed by atoms with Crippen LogP contribution in [0.25, 0.3) is 0 Å². The molecule has 8 heteroatoms. The largest absolute Gasteiger partial charge is 0.465 e. The molecule has 1 fully saturated rings. The van der Waals surface area contributed by atoms with Gasteiger partial charge < -0.3 is 15.0 Å². The van der Waals surface area contributed by atoms with Crippen LogP contribution in [0.1, 0.15) is 30.1 Å². The first-order chi connectivity index (χ1) is 12.1. The van der Waals surface area contributed by atoms with Crippen LogP contribution in [0.15, 0.2) is 24.4 Å². The first kappa shape index (κ1) is 17.4. The maximum atomic E-state index is 11.7. The van der Waals surface area contributed by atoms with Gasteiger partial charge in [-0.15, -0.1) is 5.10 Å². The van der Waals surface area contributed by atoms with Gasteiger partial charge in [0.05, 0.1) is 29.6 Å². The van der Waals surface area contributed by atoms with Crippen molar-refractivity contribution in [2.75, 3.05) is 30.4 Å². The second-order valence-electron chi connectivity index (χ2n) is 6.15. The Balaban J connectivity index is 1.81. The first-order valence-electron chi connectivity index (χ1n) is 8.16. The number of hydrogen-bond acceptors (Lipinski definition) is 7. The molecule has 1 saturated heterocycles. The standard InChI is InChI=1S/C17H20ClN5O2/c1-11-4-3-7-23(10-11)17-21-15(9-19-22-17)20-14-8-12(16(24)25-2)5-6-13(14)18/h5-6,8-9,11H,3-4,7,10H2,1-2H3,(H,20,21,22). The number of carbonyl (C=O) groups is 1. The van der Waals surface area contributed by atoms with Gasteiger partial charge in [-0.2, -0.15) is 10.1 Å². The van der Waals surface area contributed by atoms with Gasteiger partial charge >= 0.3 is 5.97 Å². The summed E-state index contributed by atoms with van der Waals surface area (Å²) in [5.41, 5.74) is 0.963. The van der Waals surface area contributed by atoms with Gasteiger partial charge in [-0.05, 0) is 37.0 Å². The molecule has 1 N–H and O–H groups in total. The lowest BCUT2D eigenvalue weighted by Crippen LogP contribution is -2.35. The van der Waals surface area contributed by atoms with Crippen LogP contribution in [-0.2, 0) is 4.74 Å². The van der Waals surface area contributed by atoms with Crippen LogP contribution in [0, 0.1) is 5.92 Å². The third kappa shape index (κ3) is 4.17. The number of piperidine rings is 1. The van der Waals surface area contributed by atoms with Gasteiger partial charge in [-0.25, -0.2) is 4.79 Å². The van der Waals surface area contributed by atoms with Crippen molar-refractivity contribution in [1.29, 1.82) is 0 Å². The van der Waals surface area contributed by atoms with Gasteiger partial charge in [0.15, 0.2) is 5.82 Å². The highest BCUT2D eigenvalue weighted by Crippen LogP contribution is 2.27. The fourth-order valence-electron chi connectivity index (χ4n) is 2.86. The van der Waals surface area contributed by atoms with Crippen molar-refractivity contribution in [3.8, 4) is 0 Å². The molecule has 3 rings (SSSR count). The van der Waals surface area contributed by atoms with Crippen LogP contribution in [-0.4, -0.2) is 41.3 Å². The predicted octanol–water partition coefficient (Wildman–Crippen LogP) is 3.29. The van der Waals surface area contributed by atoms with Gasteiger partial charge in [0.1, 0.15) is 0 Å². The van der Waals surface area contributed by atoms with E-state index in [9.17, 15) is 4.79 Å². The lowest BCUT2D eigenvalue weighted by atomic mass is 10.0. The number of ether oxygens (including phenoxy) is 1. The highest BCUT2D eigenvalue weighted by atomic mass is 35.5. The molecule has 0 aliphatic carbocycles. The van der Waals surface area contributed by atoms with E-state index in [4.69, 9.17) is 16.3 Å². The molecule has 0 radical (unpaired) electrons. The normalized spacial score (nSPS) is 17.2. The Labute approximate surface area is 151 Å². The molecule has 1 aliphatic rings. The molecule has 1 unspecified atom stereocenters. The molecule has 7 nitrogen and oxygen atoms in total. The summed E-state index contributed by atoms with van der Waals surface area (Å²) in [4.78, 5) is 18.3. The summed E-state index contributed by atoms with van der Waals surface area (Å²) in [6, 6.07) is 4.87. The third-order valence-electron chi connectivity index (χ3n) is 4.14. The van der Waals surface area contributed by atoms with E-state index in [1.807, 2.05) is 0 Å². The predicted molar refractivity (Wildman–Crippen MR) is 96.5 cm³/mol. The van der Waals surface area contributed by atoms with Crippen LogP contribution >= 0.6 is 11.6 Å². The molecule has 1 aliphatic heterocycles. The Morgan fingerprint density at radius 2 is 2.28 bits per heavy atom. The van der Waals surface area contributed by atoms with E-state index in [0.717, 1.165) is 19.5 Å². The van der Waals surface area contributed by atoms with Gasteiger partial charge in [-0.3, -0.25) is 0 Å². The first-order valence-corrected chi connectivity index (χ1v) is 8.54. The van der Waals surface area contributed by atoms with E-state index in [1.54, 1.807) is 18.2 Å². The minimum Gasteiger partial charge on any atom is -0.465 e. The number of aromatic nitrogens is 3. The van der Waals surface area contributed by atoms with Crippen LogP contribution in [0.4, 0.5) is 17.5 Å². The van der Waals surface area contributed by atoms with Crippen LogP contribution in [0.5, 0.6) is 0 Å². The number of rotatable bonds is 4. The van der Waals surface area contributed by atoms with Crippen molar-refractivity contribution in [3.05, 3.63) is 35.0 Å². The lowest BCUT2D eigenvalue weighted by molar-refractivity contribution is 0.0601. The van der Waals surface area contributed by atoms with E-state index < -0.39 is 5.97 Å². The zero-order valence-corrected chi connectivity index (χ0v) is 15.0. The quantitative estimate of drug-likeness (QED) is 0.837. The molecular formula is C17H20ClN5O2. The Morgan fingerprint density at radius 3 is 3.04 bits per heavy atom. The van der Waals surface area contributed by atoms with Gasteiger partial charge in [-0.1, -0.05) is 18.5 Å². The minimum absolute atomic E-state index is 0.404. The number of hydrogen-bond donors (Lipinski definition) is 1. The van der Waals surface area contributed by atoms with E-state index in [2.05, 4.69) is 32.3 Å². The maximum Gasteiger partial charge on any atom is 0.337 e. The van der Waals surface area contributed by atoms with Crippen LogP contribution < -0.4 is 10.2 Å². The molecule has 1 aromatic heterocycles. The van der Waals surface area contributed by atoms with E-state index in [1.165, 1.54) is 19.7 Å². The number of anilines is 3. The van der Waals surface area contributed by atoms with Gasteiger partial charge in [0, 0.05) is 13.1 Å². The molecule has 0 amide bonds. The SMILES string of the molecule is COC(=O)c1ccc(Cl)c(Nc2cnnc(N3CCCC(C)C3)n2)c1. The van der Waals surface area contributed by atoms with Crippen LogP contribution in [0.2, 0.25) is 5.02 Å². The van der Waals surface area contributed by atoms with E-state index in [-0.39, 0.29) is 0 Å². The number of methoxy groups -OCH3 is 1.